The molecule has 6 aromatic rings. The molecule has 0 radical (unpaired) electrons. The molecule has 0 saturated carbocycles. The smallest absolute Gasteiger partial charge is 0.390 e. The first-order valence-electron chi connectivity index (χ1n) is 18.3. The van der Waals surface area contributed by atoms with Crippen LogP contribution in [0.15, 0.2) is 91.0 Å². The van der Waals surface area contributed by atoms with Gasteiger partial charge in [-0.1, -0.05) is 36.4 Å². The van der Waals surface area contributed by atoms with Gasteiger partial charge in [0.1, 0.15) is 28.6 Å². The van der Waals surface area contributed by atoms with Crippen molar-refractivity contribution in [3.8, 4) is 17.2 Å². The van der Waals surface area contributed by atoms with E-state index in [2.05, 4.69) is 31.2 Å². The Morgan fingerprint density at radius 3 is 1.38 bits per heavy atom. The first kappa shape index (κ1) is 41.6. The maximum atomic E-state index is 14.0. The lowest BCUT2D eigenvalue weighted by Crippen LogP contribution is -2.27. The molecule has 0 aliphatic carbocycles. The first-order valence-corrected chi connectivity index (χ1v) is 18.3. The topological polar surface area (TPSA) is 249 Å². The van der Waals surface area contributed by atoms with Crippen LogP contribution in [-0.2, 0) is 24.4 Å². The van der Waals surface area contributed by atoms with Crippen LogP contribution >= 0.6 is 0 Å². The molecule has 0 aliphatic heterocycles. The van der Waals surface area contributed by atoms with E-state index in [0.717, 1.165) is 17.2 Å². The van der Waals surface area contributed by atoms with Crippen LogP contribution in [-0.4, -0.2) is 90.9 Å². The summed E-state index contributed by atoms with van der Waals surface area (Å²) in [5.74, 6) is -1.74. The van der Waals surface area contributed by atoms with E-state index < -0.39 is 34.4 Å². The molecule has 3 amide bonds. The normalized spacial score (nSPS) is 10.8. The molecule has 0 bridgehead atoms. The minimum Gasteiger partial charge on any atom is -0.497 e. The average molecular weight is 821 g/mol. The Balaban J connectivity index is 1.28. The molecule has 20 heteroatoms. The number of nitro groups is 1. The Morgan fingerprint density at radius 2 is 1.00 bits per heavy atom. The summed E-state index contributed by atoms with van der Waals surface area (Å²) in [5.41, 5.74) is 2.13. The van der Waals surface area contributed by atoms with Gasteiger partial charge in [-0.05, 0) is 64.4 Å². The highest BCUT2D eigenvalue weighted by Crippen LogP contribution is 2.22. The van der Waals surface area contributed by atoms with Crippen molar-refractivity contribution in [3.05, 3.63) is 135 Å². The first-order chi connectivity index (χ1) is 28.9. The standard InChI is InChI=1S/C40H40N10O10/c1-58-28-12-6-25(7-13-28)22-47-31(38(53)41-18-4-5-37(51)52)19-34(44-47)42-39(54)32-20-35(45-48(32)23-26-8-14-29(59-2)15-9-26)43-40(55)33-21-36(50(56)57)46-49(33)24-27-10-16-30(60-3)17-11-27/h6-17,19-21H,4-5,18,22-24H2,1-3H3,(H,41,53)(H,51,52)(H,42,44,54)(H,43,45,55). The molecule has 0 unspecified atom stereocenters. The highest BCUT2D eigenvalue weighted by molar-refractivity contribution is 6.06. The Bertz CT molecular complexity index is 2490. The van der Waals surface area contributed by atoms with Gasteiger partial charge >= 0.3 is 11.8 Å². The van der Waals surface area contributed by atoms with Crippen molar-refractivity contribution in [3.63, 3.8) is 0 Å². The number of carbonyl (C=O) groups excluding carboxylic acids is 3. The maximum Gasteiger partial charge on any atom is 0.390 e. The van der Waals surface area contributed by atoms with E-state index in [1.165, 1.54) is 40.4 Å². The fourth-order valence-electron chi connectivity index (χ4n) is 5.96. The minimum atomic E-state index is -0.993. The van der Waals surface area contributed by atoms with Crippen molar-refractivity contribution in [2.24, 2.45) is 0 Å². The number of hydrogen-bond acceptors (Lipinski definition) is 12. The van der Waals surface area contributed by atoms with Crippen molar-refractivity contribution in [1.29, 1.82) is 0 Å². The monoisotopic (exact) mass is 820 g/mol. The van der Waals surface area contributed by atoms with Gasteiger partial charge < -0.3 is 45.4 Å². The van der Waals surface area contributed by atoms with Crippen molar-refractivity contribution in [2.45, 2.75) is 32.5 Å². The third-order valence-corrected chi connectivity index (χ3v) is 9.02. The number of aliphatic carboxylic acids is 1. The molecule has 0 fully saturated rings. The van der Waals surface area contributed by atoms with E-state index in [-0.39, 0.29) is 67.7 Å². The molecule has 4 N–H and O–H groups in total. The highest BCUT2D eigenvalue weighted by Gasteiger charge is 2.26. The number of nitrogens with one attached hydrogen (secondary N) is 3. The molecule has 0 aliphatic rings. The van der Waals surface area contributed by atoms with E-state index in [9.17, 15) is 29.3 Å². The van der Waals surface area contributed by atoms with Crippen molar-refractivity contribution < 1.29 is 43.4 Å². The molecule has 3 heterocycles. The average Bonchev–Trinajstić information content (AvgIpc) is 3.97. The number of anilines is 2. The van der Waals surface area contributed by atoms with Crippen LogP contribution < -0.4 is 30.2 Å². The molecule has 0 spiro atoms. The highest BCUT2D eigenvalue weighted by atomic mass is 16.6. The number of rotatable bonds is 19. The molecular weight excluding hydrogens is 780 g/mol. The van der Waals surface area contributed by atoms with Crippen molar-refractivity contribution in [1.82, 2.24) is 34.7 Å². The molecule has 3 aromatic carbocycles. The number of carboxylic acid groups (broad SMARTS) is 1. The summed E-state index contributed by atoms with van der Waals surface area (Å²) in [4.78, 5) is 63.1. The van der Waals surface area contributed by atoms with E-state index in [4.69, 9.17) is 19.3 Å². The van der Waals surface area contributed by atoms with E-state index in [1.54, 1.807) is 79.9 Å². The van der Waals surface area contributed by atoms with Gasteiger partial charge in [-0.3, -0.25) is 28.5 Å². The van der Waals surface area contributed by atoms with Crippen molar-refractivity contribution in [2.75, 3.05) is 38.5 Å². The van der Waals surface area contributed by atoms with Gasteiger partial charge in [0.05, 0.1) is 52.1 Å². The Kier molecular flexibility index (Phi) is 13.1. The number of ether oxygens (including phenoxy) is 3. The summed E-state index contributed by atoms with van der Waals surface area (Å²) in [6.07, 6.45) is 0.0723. The predicted molar refractivity (Wildman–Crippen MR) is 215 cm³/mol. The Labute approximate surface area is 341 Å². The molecule has 60 heavy (non-hydrogen) atoms. The summed E-state index contributed by atoms with van der Waals surface area (Å²) < 4.78 is 19.7. The molecule has 0 atom stereocenters. The third kappa shape index (κ3) is 10.5. The molecule has 3 aromatic heterocycles. The zero-order valence-corrected chi connectivity index (χ0v) is 32.7. The van der Waals surface area contributed by atoms with Gasteiger partial charge in [0.2, 0.25) is 0 Å². The lowest BCUT2D eigenvalue weighted by atomic mass is 10.2. The quantitative estimate of drug-likeness (QED) is 0.0502. The SMILES string of the molecule is COc1ccc(Cn2nc(NC(=O)c3cc(NC(=O)c4cc([N+](=O)[O-])nn4Cc4ccc(OC)cc4)nn3Cc3ccc(OC)cc3)cc2C(=O)NCCCC(=O)O)cc1. The zero-order valence-electron chi connectivity index (χ0n) is 32.7. The summed E-state index contributed by atoms with van der Waals surface area (Å²) in [6.45, 7) is 0.318. The fraction of sp³-hybridized carbons (Fsp3) is 0.225. The van der Waals surface area contributed by atoms with Gasteiger partial charge in [0.15, 0.2) is 17.3 Å². The second kappa shape index (κ2) is 18.9. The van der Waals surface area contributed by atoms with Crippen LogP contribution in [0.4, 0.5) is 17.5 Å². The second-order valence-corrected chi connectivity index (χ2v) is 13.2. The Hall–Kier alpha value is -8.03. The minimum absolute atomic E-state index is 0.0109. The van der Waals surface area contributed by atoms with Crippen LogP contribution in [0.3, 0.4) is 0 Å². The molecule has 20 nitrogen and oxygen atoms in total. The maximum absolute atomic E-state index is 14.0. The fourth-order valence-corrected chi connectivity index (χ4v) is 5.96. The zero-order chi connectivity index (χ0) is 42.8. The number of carbonyl (C=O) groups is 4. The summed E-state index contributed by atoms with van der Waals surface area (Å²) in [5, 5.41) is 41.8. The van der Waals surface area contributed by atoms with Gasteiger partial charge in [0.25, 0.3) is 17.7 Å². The van der Waals surface area contributed by atoms with Gasteiger partial charge in [0, 0.05) is 25.1 Å². The van der Waals surface area contributed by atoms with Crippen LogP contribution in [0.25, 0.3) is 0 Å². The van der Waals surface area contributed by atoms with Gasteiger partial charge in [-0.2, -0.15) is 14.9 Å². The van der Waals surface area contributed by atoms with E-state index >= 15 is 0 Å². The molecule has 310 valence electrons. The predicted octanol–water partition coefficient (Wildman–Crippen LogP) is 4.45. The lowest BCUT2D eigenvalue weighted by molar-refractivity contribution is -0.389. The lowest BCUT2D eigenvalue weighted by Gasteiger charge is -2.09. The summed E-state index contributed by atoms with van der Waals surface area (Å²) >= 11 is 0. The third-order valence-electron chi connectivity index (χ3n) is 9.02. The number of benzene rings is 3. The van der Waals surface area contributed by atoms with Crippen LogP contribution in [0, 0.1) is 10.1 Å². The number of aromatic nitrogens is 6. The Morgan fingerprint density at radius 1 is 0.617 bits per heavy atom. The number of carboxylic acids is 1. The number of nitrogens with zero attached hydrogens (tertiary/aromatic N) is 7. The van der Waals surface area contributed by atoms with Crippen molar-refractivity contribution >= 4 is 41.1 Å². The van der Waals surface area contributed by atoms with E-state index in [0.29, 0.717) is 22.8 Å². The number of methoxy groups -OCH3 is 3. The molecular formula is C40H40N10O10. The second-order valence-electron chi connectivity index (χ2n) is 13.2. The van der Waals surface area contributed by atoms with Crippen LogP contribution in [0.2, 0.25) is 0 Å². The largest absolute Gasteiger partial charge is 0.497 e. The van der Waals surface area contributed by atoms with Crippen LogP contribution in [0.1, 0.15) is 61.0 Å². The summed E-state index contributed by atoms with van der Waals surface area (Å²) in [7, 11) is 4.59. The molecule has 6 rings (SSSR count). The van der Waals surface area contributed by atoms with E-state index in [1.807, 2.05) is 0 Å². The number of amides is 3. The number of hydrogen-bond donors (Lipinski definition) is 4. The van der Waals surface area contributed by atoms with Gasteiger partial charge in [-0.15, -0.1) is 0 Å². The molecule has 0 saturated heterocycles. The van der Waals surface area contributed by atoms with Crippen LogP contribution in [0.5, 0.6) is 17.2 Å². The summed E-state index contributed by atoms with van der Waals surface area (Å²) in [6, 6.07) is 24.8. The van der Waals surface area contributed by atoms with Gasteiger partial charge in [-0.25, -0.2) is 0 Å².